The highest BCUT2D eigenvalue weighted by molar-refractivity contribution is 5.85. The fraction of sp³-hybridized carbons (Fsp3) is 0.562. The lowest BCUT2D eigenvalue weighted by atomic mass is 9.92. The van der Waals surface area contributed by atoms with Crippen LogP contribution in [0.2, 0.25) is 0 Å². The standard InChI is InChI=1S/C16H24N2O2.ClH/c1-11-3-5-13(6-4-11)15(19)10-18-16(20)14-7-8-17-12(2)9-14;/h3-6,12,14-15,17,19H,7-10H2,1-2H3,(H,18,20);1H/t12-,14-,15?;/m0./s1. The first kappa shape index (κ1) is 18.0. The molecule has 1 fully saturated rings. The number of aliphatic hydroxyl groups is 1. The molecule has 4 nitrogen and oxygen atoms in total. The number of aryl methyl sites for hydroxylation is 1. The molecule has 0 spiro atoms. The van der Waals surface area contributed by atoms with Crippen LogP contribution >= 0.6 is 12.4 Å². The molecular weight excluding hydrogens is 288 g/mol. The highest BCUT2D eigenvalue weighted by Gasteiger charge is 2.24. The van der Waals surface area contributed by atoms with E-state index < -0.39 is 6.10 Å². The van der Waals surface area contributed by atoms with E-state index in [9.17, 15) is 9.90 Å². The number of halogens is 1. The van der Waals surface area contributed by atoms with E-state index in [0.29, 0.717) is 6.04 Å². The van der Waals surface area contributed by atoms with Gasteiger partial charge in [0.15, 0.2) is 0 Å². The minimum absolute atomic E-state index is 0. The zero-order chi connectivity index (χ0) is 14.5. The van der Waals surface area contributed by atoms with Crippen LogP contribution in [0.3, 0.4) is 0 Å². The molecule has 1 aliphatic heterocycles. The van der Waals surface area contributed by atoms with Gasteiger partial charge in [-0.05, 0) is 38.8 Å². The first-order chi connectivity index (χ1) is 9.56. The van der Waals surface area contributed by atoms with Crippen molar-refractivity contribution in [2.24, 2.45) is 5.92 Å². The minimum Gasteiger partial charge on any atom is -0.387 e. The lowest BCUT2D eigenvalue weighted by molar-refractivity contribution is -0.126. The Morgan fingerprint density at radius 3 is 2.71 bits per heavy atom. The van der Waals surface area contributed by atoms with Crippen LogP contribution in [0, 0.1) is 12.8 Å². The molecule has 2 rings (SSSR count). The SMILES string of the molecule is Cc1ccc(C(O)CNC(=O)[C@H]2CCN[C@@H](C)C2)cc1.Cl. The van der Waals surface area contributed by atoms with Gasteiger partial charge < -0.3 is 15.7 Å². The predicted molar refractivity (Wildman–Crippen MR) is 86.6 cm³/mol. The molecule has 21 heavy (non-hydrogen) atoms. The number of hydrogen-bond acceptors (Lipinski definition) is 3. The summed E-state index contributed by atoms with van der Waals surface area (Å²) in [5.41, 5.74) is 2.00. The van der Waals surface area contributed by atoms with Gasteiger partial charge in [0.1, 0.15) is 0 Å². The number of benzene rings is 1. The van der Waals surface area contributed by atoms with Crippen LogP contribution in [0.1, 0.15) is 37.0 Å². The molecule has 0 radical (unpaired) electrons. The van der Waals surface area contributed by atoms with Gasteiger partial charge in [0, 0.05) is 18.5 Å². The lowest BCUT2D eigenvalue weighted by Gasteiger charge is -2.27. The molecule has 1 heterocycles. The van der Waals surface area contributed by atoms with Crippen LogP contribution < -0.4 is 10.6 Å². The second kappa shape index (κ2) is 8.37. The maximum Gasteiger partial charge on any atom is 0.223 e. The molecule has 5 heteroatoms. The molecule has 0 bridgehead atoms. The maximum absolute atomic E-state index is 12.1. The lowest BCUT2D eigenvalue weighted by Crippen LogP contribution is -2.43. The van der Waals surface area contributed by atoms with E-state index in [4.69, 9.17) is 0 Å². The van der Waals surface area contributed by atoms with Crippen LogP contribution in [0.5, 0.6) is 0 Å². The summed E-state index contributed by atoms with van der Waals surface area (Å²) in [5.74, 6) is 0.126. The average molecular weight is 313 g/mol. The summed E-state index contributed by atoms with van der Waals surface area (Å²) in [6, 6.07) is 8.13. The van der Waals surface area contributed by atoms with Gasteiger partial charge in [0.2, 0.25) is 5.91 Å². The molecule has 0 aromatic heterocycles. The molecule has 0 saturated carbocycles. The normalized spacial score (nSPS) is 23.0. The van der Waals surface area contributed by atoms with Crippen LogP contribution in [0.15, 0.2) is 24.3 Å². The zero-order valence-electron chi connectivity index (χ0n) is 12.6. The fourth-order valence-corrected chi connectivity index (χ4v) is 2.62. The van der Waals surface area contributed by atoms with E-state index in [2.05, 4.69) is 17.6 Å². The Balaban J connectivity index is 0.00000220. The van der Waals surface area contributed by atoms with Gasteiger partial charge in [0.25, 0.3) is 0 Å². The Bertz CT molecular complexity index is 450. The van der Waals surface area contributed by atoms with Gasteiger partial charge in [0.05, 0.1) is 6.10 Å². The summed E-state index contributed by atoms with van der Waals surface area (Å²) in [6.07, 6.45) is 1.10. The van der Waals surface area contributed by atoms with Crippen molar-refractivity contribution in [2.45, 2.75) is 38.8 Å². The van der Waals surface area contributed by atoms with Crippen molar-refractivity contribution in [3.8, 4) is 0 Å². The number of amides is 1. The molecule has 1 aliphatic rings. The first-order valence-corrected chi connectivity index (χ1v) is 7.32. The second-order valence-electron chi connectivity index (χ2n) is 5.75. The smallest absolute Gasteiger partial charge is 0.223 e. The van der Waals surface area contributed by atoms with Crippen molar-refractivity contribution >= 4 is 18.3 Å². The Morgan fingerprint density at radius 1 is 1.43 bits per heavy atom. The van der Waals surface area contributed by atoms with E-state index in [-0.39, 0.29) is 30.8 Å². The van der Waals surface area contributed by atoms with Gasteiger partial charge in [-0.2, -0.15) is 0 Å². The number of rotatable bonds is 4. The number of hydrogen-bond donors (Lipinski definition) is 3. The van der Waals surface area contributed by atoms with E-state index in [0.717, 1.165) is 30.5 Å². The van der Waals surface area contributed by atoms with Crippen LogP contribution in [-0.4, -0.2) is 30.1 Å². The quantitative estimate of drug-likeness (QED) is 0.796. The van der Waals surface area contributed by atoms with Crippen molar-refractivity contribution in [1.29, 1.82) is 0 Å². The van der Waals surface area contributed by atoms with Crippen molar-refractivity contribution in [1.82, 2.24) is 10.6 Å². The van der Waals surface area contributed by atoms with Crippen LogP contribution in [-0.2, 0) is 4.79 Å². The largest absolute Gasteiger partial charge is 0.387 e. The monoisotopic (exact) mass is 312 g/mol. The number of aliphatic hydroxyl groups excluding tert-OH is 1. The topological polar surface area (TPSA) is 61.4 Å². The van der Waals surface area contributed by atoms with Gasteiger partial charge in [-0.15, -0.1) is 12.4 Å². The molecule has 1 aromatic carbocycles. The summed E-state index contributed by atoms with van der Waals surface area (Å²) in [6.45, 7) is 5.27. The summed E-state index contributed by atoms with van der Waals surface area (Å²) >= 11 is 0. The molecule has 0 aliphatic carbocycles. The van der Waals surface area contributed by atoms with Gasteiger partial charge in [-0.25, -0.2) is 0 Å². The molecule has 1 aromatic rings. The van der Waals surface area contributed by atoms with Gasteiger partial charge >= 0.3 is 0 Å². The summed E-state index contributed by atoms with van der Waals surface area (Å²) < 4.78 is 0. The summed E-state index contributed by atoms with van der Waals surface area (Å²) in [7, 11) is 0. The summed E-state index contributed by atoms with van der Waals surface area (Å²) in [5, 5.41) is 16.3. The van der Waals surface area contributed by atoms with Crippen molar-refractivity contribution < 1.29 is 9.90 Å². The van der Waals surface area contributed by atoms with E-state index >= 15 is 0 Å². The third kappa shape index (κ3) is 5.30. The van der Waals surface area contributed by atoms with Crippen molar-refractivity contribution in [3.05, 3.63) is 35.4 Å². The maximum atomic E-state index is 12.1. The Kier molecular flexibility index (Phi) is 7.15. The molecule has 3 N–H and O–H groups in total. The molecular formula is C16H25ClN2O2. The highest BCUT2D eigenvalue weighted by atomic mass is 35.5. The van der Waals surface area contributed by atoms with E-state index in [1.807, 2.05) is 31.2 Å². The molecule has 1 amide bonds. The van der Waals surface area contributed by atoms with Crippen molar-refractivity contribution in [3.63, 3.8) is 0 Å². The third-order valence-corrected chi connectivity index (χ3v) is 3.93. The van der Waals surface area contributed by atoms with E-state index in [1.54, 1.807) is 0 Å². The molecule has 1 saturated heterocycles. The Labute approximate surface area is 132 Å². The summed E-state index contributed by atoms with van der Waals surface area (Å²) in [4.78, 5) is 12.1. The van der Waals surface area contributed by atoms with Crippen LogP contribution in [0.4, 0.5) is 0 Å². The van der Waals surface area contributed by atoms with Crippen LogP contribution in [0.25, 0.3) is 0 Å². The number of carbonyl (C=O) groups excluding carboxylic acids is 1. The Morgan fingerprint density at radius 2 is 2.10 bits per heavy atom. The Hall–Kier alpha value is -1.10. The minimum atomic E-state index is -0.640. The molecule has 118 valence electrons. The number of piperidine rings is 1. The average Bonchev–Trinajstić information content (AvgIpc) is 2.45. The number of carbonyl (C=O) groups is 1. The second-order valence-corrected chi connectivity index (χ2v) is 5.75. The van der Waals surface area contributed by atoms with Gasteiger partial charge in [-0.1, -0.05) is 29.8 Å². The first-order valence-electron chi connectivity index (χ1n) is 7.32. The highest BCUT2D eigenvalue weighted by Crippen LogP contribution is 2.17. The fourth-order valence-electron chi connectivity index (χ4n) is 2.62. The molecule has 1 unspecified atom stereocenters. The third-order valence-electron chi connectivity index (χ3n) is 3.93. The number of nitrogens with one attached hydrogen (secondary N) is 2. The predicted octanol–water partition coefficient (Wildman–Crippen LogP) is 1.95. The van der Waals surface area contributed by atoms with E-state index in [1.165, 1.54) is 0 Å². The zero-order valence-corrected chi connectivity index (χ0v) is 13.5. The van der Waals surface area contributed by atoms with Gasteiger partial charge in [-0.3, -0.25) is 4.79 Å². The molecule has 3 atom stereocenters. The van der Waals surface area contributed by atoms with Crippen molar-refractivity contribution in [2.75, 3.05) is 13.1 Å².